The van der Waals surface area contributed by atoms with Crippen LogP contribution in [0.1, 0.15) is 24.0 Å². The molecule has 8 nitrogen and oxygen atoms in total. The average molecular weight is 420 g/mol. The number of aryl methyl sites for hydroxylation is 1. The third-order valence-electron chi connectivity index (χ3n) is 5.89. The fourth-order valence-corrected chi connectivity index (χ4v) is 4.25. The minimum Gasteiger partial charge on any atom is -0.454 e. The Bertz CT molecular complexity index is 1070. The SMILES string of the molecule is Cc1cccc(C2=NC3(CCN(CC(=O)Nc4ccc5c(c4)OCO5)CC3)NC2=O)c1. The molecule has 2 N–H and O–H groups in total. The Labute approximate surface area is 180 Å². The van der Waals surface area contributed by atoms with Crippen molar-refractivity contribution in [3.63, 3.8) is 0 Å². The lowest BCUT2D eigenvalue weighted by Crippen LogP contribution is -2.52. The molecule has 3 aliphatic rings. The predicted octanol–water partition coefficient (Wildman–Crippen LogP) is 2.07. The number of aliphatic imine (C=N–C) groups is 1. The molecule has 160 valence electrons. The molecule has 2 aromatic carbocycles. The number of likely N-dealkylation sites (tertiary alicyclic amines) is 1. The summed E-state index contributed by atoms with van der Waals surface area (Å²) in [5.74, 6) is 1.11. The number of carbonyl (C=O) groups is 2. The number of rotatable bonds is 4. The highest BCUT2D eigenvalue weighted by Crippen LogP contribution is 2.34. The van der Waals surface area contributed by atoms with E-state index in [-0.39, 0.29) is 25.2 Å². The lowest BCUT2D eigenvalue weighted by molar-refractivity contribution is -0.119. The van der Waals surface area contributed by atoms with E-state index >= 15 is 0 Å². The standard InChI is InChI=1S/C23H24N4O4/c1-15-3-2-4-16(11-15)21-22(29)26-23(25-21)7-9-27(10-8-23)13-20(28)24-17-5-6-18-19(12-17)31-14-30-18/h2-6,11-12H,7-10,13-14H2,1H3,(H,24,28)(H,26,29). The molecule has 31 heavy (non-hydrogen) atoms. The van der Waals surface area contributed by atoms with Gasteiger partial charge in [-0.1, -0.05) is 23.8 Å². The normalized spacial score (nSPS) is 19.3. The zero-order valence-electron chi connectivity index (χ0n) is 17.3. The fraction of sp³-hybridized carbons (Fsp3) is 0.348. The molecule has 1 spiro atoms. The van der Waals surface area contributed by atoms with E-state index in [4.69, 9.17) is 14.5 Å². The van der Waals surface area contributed by atoms with Crippen molar-refractivity contribution in [3.8, 4) is 11.5 Å². The van der Waals surface area contributed by atoms with Crippen LogP contribution in [-0.2, 0) is 9.59 Å². The molecule has 3 heterocycles. The summed E-state index contributed by atoms with van der Waals surface area (Å²) in [6, 6.07) is 13.2. The second kappa shape index (κ2) is 7.70. The van der Waals surface area contributed by atoms with Crippen molar-refractivity contribution in [2.45, 2.75) is 25.4 Å². The maximum Gasteiger partial charge on any atom is 0.272 e. The molecular weight excluding hydrogens is 396 g/mol. The first-order valence-electron chi connectivity index (χ1n) is 10.4. The summed E-state index contributed by atoms with van der Waals surface area (Å²) in [5.41, 5.74) is 2.55. The summed E-state index contributed by atoms with van der Waals surface area (Å²) in [6.07, 6.45) is 1.34. The van der Waals surface area contributed by atoms with E-state index in [0.29, 0.717) is 48.8 Å². The number of nitrogens with zero attached hydrogens (tertiary/aromatic N) is 2. The smallest absolute Gasteiger partial charge is 0.272 e. The van der Waals surface area contributed by atoms with Gasteiger partial charge in [0.05, 0.1) is 6.54 Å². The van der Waals surface area contributed by atoms with Crippen LogP contribution in [-0.4, -0.2) is 54.5 Å². The van der Waals surface area contributed by atoms with Gasteiger partial charge in [-0.15, -0.1) is 0 Å². The van der Waals surface area contributed by atoms with Gasteiger partial charge < -0.3 is 20.1 Å². The Morgan fingerprint density at radius 1 is 1.16 bits per heavy atom. The second-order valence-electron chi connectivity index (χ2n) is 8.21. The zero-order chi connectivity index (χ0) is 21.4. The van der Waals surface area contributed by atoms with Crippen molar-refractivity contribution in [3.05, 3.63) is 53.6 Å². The van der Waals surface area contributed by atoms with Gasteiger partial charge in [-0.05, 0) is 25.1 Å². The fourth-order valence-electron chi connectivity index (χ4n) is 4.25. The number of hydrogen-bond acceptors (Lipinski definition) is 6. The molecule has 0 atom stereocenters. The van der Waals surface area contributed by atoms with Gasteiger partial charge in [0.25, 0.3) is 5.91 Å². The molecule has 0 aliphatic carbocycles. The monoisotopic (exact) mass is 420 g/mol. The molecule has 0 saturated carbocycles. The molecule has 1 fully saturated rings. The van der Waals surface area contributed by atoms with Crippen molar-refractivity contribution in [2.75, 3.05) is 31.7 Å². The van der Waals surface area contributed by atoms with Gasteiger partial charge in [0.1, 0.15) is 11.4 Å². The highest BCUT2D eigenvalue weighted by atomic mass is 16.7. The maximum absolute atomic E-state index is 12.6. The Morgan fingerprint density at radius 2 is 1.97 bits per heavy atom. The van der Waals surface area contributed by atoms with Gasteiger partial charge >= 0.3 is 0 Å². The van der Waals surface area contributed by atoms with Crippen LogP contribution in [0.25, 0.3) is 0 Å². The molecular formula is C23H24N4O4. The van der Waals surface area contributed by atoms with Crippen molar-refractivity contribution in [1.82, 2.24) is 10.2 Å². The largest absolute Gasteiger partial charge is 0.454 e. The number of ether oxygens (including phenoxy) is 2. The van der Waals surface area contributed by atoms with Gasteiger partial charge in [-0.25, -0.2) is 0 Å². The van der Waals surface area contributed by atoms with E-state index in [1.54, 1.807) is 18.2 Å². The molecule has 5 rings (SSSR count). The first-order valence-corrected chi connectivity index (χ1v) is 10.4. The van der Waals surface area contributed by atoms with E-state index < -0.39 is 5.66 Å². The zero-order valence-corrected chi connectivity index (χ0v) is 17.3. The molecule has 8 heteroatoms. The van der Waals surface area contributed by atoms with Crippen LogP contribution in [0.3, 0.4) is 0 Å². The van der Waals surface area contributed by atoms with Gasteiger partial charge in [-0.2, -0.15) is 0 Å². The first kappa shape index (κ1) is 19.6. The summed E-state index contributed by atoms with van der Waals surface area (Å²) in [5, 5.41) is 5.99. The van der Waals surface area contributed by atoms with E-state index in [1.165, 1.54) is 0 Å². The van der Waals surface area contributed by atoms with Crippen LogP contribution in [0, 0.1) is 6.92 Å². The third kappa shape index (κ3) is 3.98. The number of anilines is 1. The molecule has 0 aromatic heterocycles. The number of amides is 2. The van der Waals surface area contributed by atoms with Gasteiger partial charge in [0.15, 0.2) is 11.5 Å². The van der Waals surface area contributed by atoms with Crippen molar-refractivity contribution < 1.29 is 19.1 Å². The highest BCUT2D eigenvalue weighted by molar-refractivity contribution is 6.46. The minimum absolute atomic E-state index is 0.0887. The Balaban J connectivity index is 1.19. The van der Waals surface area contributed by atoms with Crippen LogP contribution in [0.4, 0.5) is 5.69 Å². The second-order valence-corrected chi connectivity index (χ2v) is 8.21. The molecule has 0 radical (unpaired) electrons. The number of fused-ring (bicyclic) bond motifs is 1. The van der Waals surface area contributed by atoms with Crippen LogP contribution >= 0.6 is 0 Å². The number of benzene rings is 2. The summed E-state index contributed by atoms with van der Waals surface area (Å²) in [4.78, 5) is 31.9. The molecule has 3 aliphatic heterocycles. The number of nitrogens with one attached hydrogen (secondary N) is 2. The average Bonchev–Trinajstić information content (AvgIpc) is 3.34. The Morgan fingerprint density at radius 3 is 2.77 bits per heavy atom. The van der Waals surface area contributed by atoms with Crippen molar-refractivity contribution >= 4 is 23.2 Å². The van der Waals surface area contributed by atoms with Crippen molar-refractivity contribution in [1.29, 1.82) is 0 Å². The summed E-state index contributed by atoms with van der Waals surface area (Å²) in [7, 11) is 0. The van der Waals surface area contributed by atoms with Crippen LogP contribution in [0.2, 0.25) is 0 Å². The quantitative estimate of drug-likeness (QED) is 0.790. The maximum atomic E-state index is 12.6. The minimum atomic E-state index is -0.569. The van der Waals surface area contributed by atoms with E-state index in [2.05, 4.69) is 15.5 Å². The number of carbonyl (C=O) groups excluding carboxylic acids is 2. The summed E-state index contributed by atoms with van der Waals surface area (Å²) < 4.78 is 10.6. The van der Waals surface area contributed by atoms with E-state index in [0.717, 1.165) is 11.1 Å². The van der Waals surface area contributed by atoms with Gasteiger partial charge in [0, 0.05) is 43.2 Å². The molecule has 2 amide bonds. The van der Waals surface area contributed by atoms with Crippen LogP contribution < -0.4 is 20.1 Å². The van der Waals surface area contributed by atoms with E-state index in [9.17, 15) is 9.59 Å². The highest BCUT2D eigenvalue weighted by Gasteiger charge is 2.42. The lowest BCUT2D eigenvalue weighted by atomic mass is 9.98. The summed E-state index contributed by atoms with van der Waals surface area (Å²) in [6.45, 7) is 3.85. The molecule has 2 aromatic rings. The first-order chi connectivity index (χ1) is 15.0. The molecule has 0 unspecified atom stereocenters. The summed E-state index contributed by atoms with van der Waals surface area (Å²) >= 11 is 0. The van der Waals surface area contributed by atoms with Gasteiger partial charge in [0.2, 0.25) is 12.7 Å². The Kier molecular flexibility index (Phi) is 4.86. The van der Waals surface area contributed by atoms with Crippen LogP contribution in [0.15, 0.2) is 47.5 Å². The van der Waals surface area contributed by atoms with Gasteiger partial charge in [-0.3, -0.25) is 19.5 Å². The lowest BCUT2D eigenvalue weighted by Gasteiger charge is -2.36. The van der Waals surface area contributed by atoms with E-state index in [1.807, 2.05) is 31.2 Å². The predicted molar refractivity (Wildman–Crippen MR) is 115 cm³/mol. The molecule has 1 saturated heterocycles. The number of piperidine rings is 1. The topological polar surface area (TPSA) is 92.3 Å². The van der Waals surface area contributed by atoms with Crippen LogP contribution in [0.5, 0.6) is 11.5 Å². The molecule has 0 bridgehead atoms. The Hall–Kier alpha value is -3.39. The van der Waals surface area contributed by atoms with Crippen molar-refractivity contribution in [2.24, 2.45) is 4.99 Å². The third-order valence-corrected chi connectivity index (χ3v) is 5.89. The number of hydrogen-bond donors (Lipinski definition) is 2.